The van der Waals surface area contributed by atoms with Gasteiger partial charge in [-0.25, -0.2) is 19.4 Å². The molecule has 0 saturated carbocycles. The number of anilines is 3. The molecule has 0 unspecified atom stereocenters. The molecule has 4 rings (SSSR count). The smallest absolute Gasteiger partial charge is 0.270 e. The first kappa shape index (κ1) is 20.0. The van der Waals surface area contributed by atoms with Gasteiger partial charge in [0.05, 0.1) is 22.8 Å². The summed E-state index contributed by atoms with van der Waals surface area (Å²) in [5.41, 5.74) is 14.7. The normalized spacial score (nSPS) is 18.8. The van der Waals surface area contributed by atoms with Crippen LogP contribution in [0.5, 0.6) is 0 Å². The van der Waals surface area contributed by atoms with Crippen LogP contribution in [0, 0.1) is 12.7 Å². The molecule has 156 valence electrons. The molecule has 0 radical (unpaired) electrons. The molecule has 2 aromatic rings. The minimum Gasteiger partial charge on any atom is -0.368 e. The van der Waals surface area contributed by atoms with E-state index in [1.54, 1.807) is 18.2 Å². The summed E-state index contributed by atoms with van der Waals surface area (Å²) >= 11 is 0. The van der Waals surface area contributed by atoms with E-state index in [9.17, 15) is 9.18 Å². The molecule has 1 atom stereocenters. The maximum Gasteiger partial charge on any atom is 0.270 e. The van der Waals surface area contributed by atoms with Crippen molar-refractivity contribution in [3.8, 4) is 0 Å². The molecule has 1 amide bonds. The molecule has 1 aromatic carbocycles. The number of para-hydroxylation sites is 1. The number of rotatable bonds is 4. The Labute approximate surface area is 173 Å². The number of carbonyl (C=O) groups is 1. The van der Waals surface area contributed by atoms with Gasteiger partial charge in [0.15, 0.2) is 0 Å². The van der Waals surface area contributed by atoms with Gasteiger partial charge in [0.2, 0.25) is 5.95 Å². The number of halogens is 1. The van der Waals surface area contributed by atoms with Crippen LogP contribution in [-0.2, 0) is 4.79 Å². The number of amides is 1. The molecule has 9 heteroatoms. The number of nitrogen functional groups attached to an aromatic ring is 1. The van der Waals surface area contributed by atoms with Crippen LogP contribution in [0.2, 0.25) is 0 Å². The topological polar surface area (TPSA) is 123 Å². The maximum atomic E-state index is 14.6. The summed E-state index contributed by atoms with van der Waals surface area (Å²) in [6, 6.07) is 6.40. The molecule has 1 aromatic heterocycles. The zero-order valence-corrected chi connectivity index (χ0v) is 16.7. The Morgan fingerprint density at radius 3 is 2.93 bits per heavy atom. The molecule has 2 aliphatic heterocycles. The van der Waals surface area contributed by atoms with E-state index >= 15 is 0 Å². The lowest BCUT2D eigenvalue weighted by molar-refractivity contribution is -0.110. The average molecular weight is 409 g/mol. The first-order valence-electron chi connectivity index (χ1n) is 9.90. The van der Waals surface area contributed by atoms with Crippen molar-refractivity contribution in [1.29, 1.82) is 0 Å². The van der Waals surface area contributed by atoms with Crippen molar-refractivity contribution < 1.29 is 9.18 Å². The van der Waals surface area contributed by atoms with E-state index in [2.05, 4.69) is 20.3 Å². The summed E-state index contributed by atoms with van der Waals surface area (Å²) in [6.07, 6.45) is 3.95. The number of allylic oxidation sites excluding steroid dienone is 1. The number of nitrogens with two attached hydrogens (primary N) is 2. The number of aromatic nitrogens is 2. The molecule has 1 fully saturated rings. The second-order valence-electron chi connectivity index (χ2n) is 7.54. The minimum absolute atomic E-state index is 0.0170. The van der Waals surface area contributed by atoms with Crippen molar-refractivity contribution in [1.82, 2.24) is 9.97 Å². The average Bonchev–Trinajstić information content (AvgIpc) is 3.18. The van der Waals surface area contributed by atoms with Gasteiger partial charge in [0, 0.05) is 31.2 Å². The summed E-state index contributed by atoms with van der Waals surface area (Å²) < 4.78 is 14.6. The summed E-state index contributed by atoms with van der Waals surface area (Å²) in [7, 11) is 0. The third-order valence-corrected chi connectivity index (χ3v) is 5.15. The van der Waals surface area contributed by atoms with Crippen molar-refractivity contribution >= 4 is 34.6 Å². The number of benzene rings is 1. The summed E-state index contributed by atoms with van der Waals surface area (Å²) in [5, 5.41) is 2.82. The highest BCUT2D eigenvalue weighted by molar-refractivity contribution is 6.45. The zero-order chi connectivity index (χ0) is 21.3. The predicted molar refractivity (Wildman–Crippen MR) is 116 cm³/mol. The van der Waals surface area contributed by atoms with Gasteiger partial charge >= 0.3 is 0 Å². The van der Waals surface area contributed by atoms with Crippen LogP contribution in [0.3, 0.4) is 0 Å². The van der Waals surface area contributed by atoms with E-state index in [0.29, 0.717) is 48.0 Å². The van der Waals surface area contributed by atoms with Gasteiger partial charge in [0.1, 0.15) is 11.5 Å². The third-order valence-electron chi connectivity index (χ3n) is 5.15. The lowest BCUT2D eigenvalue weighted by Crippen LogP contribution is -2.43. The molecule has 5 N–H and O–H groups in total. The van der Waals surface area contributed by atoms with Crippen molar-refractivity contribution in [3.63, 3.8) is 0 Å². The number of aryl methyl sites for hydroxylation is 1. The number of piperidine rings is 1. The maximum absolute atomic E-state index is 14.6. The van der Waals surface area contributed by atoms with Crippen LogP contribution in [0.4, 0.5) is 21.7 Å². The Morgan fingerprint density at radius 2 is 2.17 bits per heavy atom. The second-order valence-corrected chi connectivity index (χ2v) is 7.54. The fourth-order valence-corrected chi connectivity index (χ4v) is 3.80. The van der Waals surface area contributed by atoms with E-state index in [-0.39, 0.29) is 23.7 Å². The van der Waals surface area contributed by atoms with Crippen molar-refractivity contribution in [2.45, 2.75) is 32.2 Å². The number of nitrogens with one attached hydrogen (secondary N) is 1. The van der Waals surface area contributed by atoms with Crippen LogP contribution < -0.4 is 21.7 Å². The van der Waals surface area contributed by atoms with Crippen LogP contribution >= 0.6 is 0 Å². The van der Waals surface area contributed by atoms with Gasteiger partial charge in [-0.1, -0.05) is 12.1 Å². The van der Waals surface area contributed by atoms with E-state index < -0.39 is 0 Å². The van der Waals surface area contributed by atoms with Gasteiger partial charge in [-0.3, -0.25) is 4.79 Å². The standard InChI is InChI=1S/C21H24FN7O/c1-12-10-18(28-21(24)25-12)15-7-8-17(26-15)20(30)27-16-6-2-5-14(22)19(16)29-9-3-4-13(23)11-29/h2,5-7,10,13H,3-4,8-9,11,23H2,1H3,(H,27,30)(H2,24,25,28)/t13-/m1/s1. The van der Waals surface area contributed by atoms with Crippen LogP contribution in [0.25, 0.3) is 5.70 Å². The SMILES string of the molecule is Cc1cc(C2=CCC(C(=O)Nc3cccc(F)c3N3CCC[C@@H](N)C3)=N2)nc(N)n1. The predicted octanol–water partition coefficient (Wildman–Crippen LogP) is 2.26. The summed E-state index contributed by atoms with van der Waals surface area (Å²) in [4.78, 5) is 27.4. The van der Waals surface area contributed by atoms with E-state index in [1.165, 1.54) is 6.07 Å². The number of carbonyl (C=O) groups excluding carboxylic acids is 1. The Morgan fingerprint density at radius 1 is 1.33 bits per heavy atom. The number of nitrogens with zero attached hydrogens (tertiary/aromatic N) is 4. The molecule has 3 heterocycles. The number of hydrogen-bond acceptors (Lipinski definition) is 7. The Bertz CT molecular complexity index is 1030. The monoisotopic (exact) mass is 409 g/mol. The van der Waals surface area contributed by atoms with E-state index in [0.717, 1.165) is 18.5 Å². The highest BCUT2D eigenvalue weighted by Gasteiger charge is 2.25. The van der Waals surface area contributed by atoms with Crippen LogP contribution in [0.15, 0.2) is 35.3 Å². The molecular formula is C21H24FN7O. The molecule has 0 spiro atoms. The van der Waals surface area contributed by atoms with Gasteiger partial charge < -0.3 is 21.7 Å². The summed E-state index contributed by atoms with van der Waals surface area (Å²) in [5.74, 6) is -0.614. The molecule has 0 aliphatic carbocycles. The molecule has 30 heavy (non-hydrogen) atoms. The molecule has 2 aliphatic rings. The summed E-state index contributed by atoms with van der Waals surface area (Å²) in [6.45, 7) is 3.05. The largest absolute Gasteiger partial charge is 0.368 e. The first-order chi connectivity index (χ1) is 14.4. The molecule has 1 saturated heterocycles. The Hall–Kier alpha value is -3.33. The van der Waals surface area contributed by atoms with Crippen molar-refractivity contribution in [3.05, 3.63) is 47.5 Å². The van der Waals surface area contributed by atoms with Gasteiger partial charge in [-0.15, -0.1) is 0 Å². The second kappa shape index (κ2) is 8.19. The minimum atomic E-state index is -0.388. The zero-order valence-electron chi connectivity index (χ0n) is 16.7. The van der Waals surface area contributed by atoms with Gasteiger partial charge in [0.25, 0.3) is 5.91 Å². The number of aliphatic imine (C=N–C) groups is 1. The molecule has 8 nitrogen and oxygen atoms in total. The van der Waals surface area contributed by atoms with Gasteiger partial charge in [-0.05, 0) is 38.0 Å². The number of hydrogen-bond donors (Lipinski definition) is 3. The molecule has 0 bridgehead atoms. The molecular weight excluding hydrogens is 385 g/mol. The third kappa shape index (κ3) is 4.16. The highest BCUT2D eigenvalue weighted by Crippen LogP contribution is 2.32. The fourth-order valence-electron chi connectivity index (χ4n) is 3.80. The highest BCUT2D eigenvalue weighted by atomic mass is 19.1. The van der Waals surface area contributed by atoms with Gasteiger partial charge in [-0.2, -0.15) is 0 Å². The quantitative estimate of drug-likeness (QED) is 0.712. The Balaban J connectivity index is 1.54. The lowest BCUT2D eigenvalue weighted by atomic mass is 10.1. The first-order valence-corrected chi connectivity index (χ1v) is 9.90. The van der Waals surface area contributed by atoms with E-state index in [4.69, 9.17) is 11.5 Å². The lowest BCUT2D eigenvalue weighted by Gasteiger charge is -2.34. The Kier molecular flexibility index (Phi) is 5.45. The van der Waals surface area contributed by atoms with Crippen LogP contribution in [0.1, 0.15) is 30.7 Å². The van der Waals surface area contributed by atoms with Crippen LogP contribution in [-0.4, -0.2) is 40.7 Å². The van der Waals surface area contributed by atoms with Crippen molar-refractivity contribution in [2.75, 3.05) is 29.0 Å². The fraction of sp³-hybridized carbons (Fsp3) is 0.333. The van der Waals surface area contributed by atoms with E-state index in [1.807, 2.05) is 17.9 Å². The van der Waals surface area contributed by atoms with Crippen molar-refractivity contribution in [2.24, 2.45) is 10.7 Å².